The van der Waals surface area contributed by atoms with E-state index >= 15 is 0 Å². The lowest BCUT2D eigenvalue weighted by Gasteiger charge is -2.26. The van der Waals surface area contributed by atoms with E-state index in [1.807, 2.05) is 12.1 Å². The van der Waals surface area contributed by atoms with Crippen molar-refractivity contribution >= 4 is 11.0 Å². The summed E-state index contributed by atoms with van der Waals surface area (Å²) in [5.41, 5.74) is 7.99. The van der Waals surface area contributed by atoms with Crippen LogP contribution in [0.4, 0.5) is 0 Å². The second kappa shape index (κ2) is 5.19. The number of hydrogen-bond donors (Lipinski definition) is 2. The first-order valence-electron chi connectivity index (χ1n) is 6.79. The molecular weight excluding hydrogens is 240 g/mol. The zero-order valence-corrected chi connectivity index (χ0v) is 11.2. The summed E-state index contributed by atoms with van der Waals surface area (Å²) in [6, 6.07) is 6.49. The number of nitrogens with zero attached hydrogens (tertiary/aromatic N) is 2. The van der Waals surface area contributed by atoms with Crippen molar-refractivity contribution in [2.45, 2.75) is 25.4 Å². The van der Waals surface area contributed by atoms with Gasteiger partial charge in [0.1, 0.15) is 11.6 Å². The molecule has 102 valence electrons. The zero-order valence-electron chi connectivity index (χ0n) is 11.2. The Labute approximate surface area is 112 Å². The van der Waals surface area contributed by atoms with Crippen LogP contribution in [0.1, 0.15) is 24.7 Å². The van der Waals surface area contributed by atoms with E-state index in [4.69, 9.17) is 10.5 Å². The van der Waals surface area contributed by atoms with Gasteiger partial charge in [-0.1, -0.05) is 0 Å². The molecule has 1 aromatic carbocycles. The molecule has 0 bridgehead atoms. The third-order valence-corrected chi connectivity index (χ3v) is 3.83. The molecule has 19 heavy (non-hydrogen) atoms. The number of piperidine rings is 1. The van der Waals surface area contributed by atoms with Crippen molar-refractivity contribution in [1.82, 2.24) is 14.9 Å². The molecule has 5 heteroatoms. The Morgan fingerprint density at radius 3 is 2.89 bits per heavy atom. The second-order valence-corrected chi connectivity index (χ2v) is 4.94. The van der Waals surface area contributed by atoms with Gasteiger partial charge in [-0.2, -0.15) is 0 Å². The normalized spacial score (nSPS) is 16.9. The molecule has 2 heterocycles. The molecule has 1 fully saturated rings. The number of ether oxygens (including phenoxy) is 1. The quantitative estimate of drug-likeness (QED) is 0.876. The molecule has 0 radical (unpaired) electrons. The molecule has 3 N–H and O–H groups in total. The average molecular weight is 260 g/mol. The summed E-state index contributed by atoms with van der Waals surface area (Å²) in [5.74, 6) is 1.83. The third kappa shape index (κ3) is 2.19. The number of benzene rings is 1. The minimum atomic E-state index is 0.473. The fourth-order valence-electron chi connectivity index (χ4n) is 2.87. The Bertz CT molecular complexity index is 572. The van der Waals surface area contributed by atoms with Gasteiger partial charge < -0.3 is 20.4 Å². The van der Waals surface area contributed by atoms with E-state index in [9.17, 15) is 0 Å². The minimum Gasteiger partial charge on any atom is -0.497 e. The van der Waals surface area contributed by atoms with Crippen LogP contribution < -0.4 is 15.8 Å². The summed E-state index contributed by atoms with van der Waals surface area (Å²) in [4.78, 5) is 4.64. The van der Waals surface area contributed by atoms with Gasteiger partial charge in [0.05, 0.1) is 24.7 Å². The van der Waals surface area contributed by atoms with Gasteiger partial charge in [-0.3, -0.25) is 0 Å². The van der Waals surface area contributed by atoms with E-state index in [0.717, 1.165) is 48.5 Å². The maximum atomic E-state index is 5.86. The Hall–Kier alpha value is -1.59. The maximum Gasteiger partial charge on any atom is 0.123 e. The lowest BCUT2D eigenvalue weighted by Crippen LogP contribution is -2.30. The summed E-state index contributed by atoms with van der Waals surface area (Å²) in [6.45, 7) is 2.58. The highest BCUT2D eigenvalue weighted by Crippen LogP contribution is 2.29. The van der Waals surface area contributed by atoms with Crippen LogP contribution >= 0.6 is 0 Å². The highest BCUT2D eigenvalue weighted by atomic mass is 16.5. The van der Waals surface area contributed by atoms with Gasteiger partial charge in [-0.15, -0.1) is 0 Å². The number of hydrogen-bond acceptors (Lipinski definition) is 4. The molecule has 0 amide bonds. The summed E-state index contributed by atoms with van der Waals surface area (Å²) in [7, 11) is 1.69. The number of fused-ring (bicyclic) bond motifs is 1. The standard InChI is InChI=1S/C14H20N4O/c1-19-11-2-3-12-13(8-11)18(14(9-15)17-12)10-4-6-16-7-5-10/h2-3,8,10,16H,4-7,9,15H2,1H3. The van der Waals surface area contributed by atoms with Crippen molar-refractivity contribution < 1.29 is 4.74 Å². The van der Waals surface area contributed by atoms with E-state index < -0.39 is 0 Å². The van der Waals surface area contributed by atoms with Crippen molar-refractivity contribution in [3.8, 4) is 5.75 Å². The van der Waals surface area contributed by atoms with Crippen LogP contribution in [0.2, 0.25) is 0 Å². The largest absolute Gasteiger partial charge is 0.497 e. The Morgan fingerprint density at radius 1 is 1.42 bits per heavy atom. The van der Waals surface area contributed by atoms with E-state index in [1.54, 1.807) is 7.11 Å². The molecule has 0 unspecified atom stereocenters. The molecule has 0 aliphatic carbocycles. The molecule has 0 saturated carbocycles. The number of methoxy groups -OCH3 is 1. The number of rotatable bonds is 3. The lowest BCUT2D eigenvalue weighted by atomic mass is 10.1. The molecule has 1 saturated heterocycles. The van der Waals surface area contributed by atoms with Crippen molar-refractivity contribution in [1.29, 1.82) is 0 Å². The van der Waals surface area contributed by atoms with E-state index in [1.165, 1.54) is 0 Å². The smallest absolute Gasteiger partial charge is 0.123 e. The number of nitrogens with one attached hydrogen (secondary N) is 1. The van der Waals surface area contributed by atoms with Crippen molar-refractivity contribution in [2.24, 2.45) is 5.73 Å². The summed E-state index contributed by atoms with van der Waals surface area (Å²) in [5, 5.41) is 3.40. The van der Waals surface area contributed by atoms with Gasteiger partial charge in [-0.25, -0.2) is 4.98 Å². The number of aromatic nitrogens is 2. The number of nitrogens with two attached hydrogens (primary N) is 1. The molecule has 1 aliphatic heterocycles. The molecule has 3 rings (SSSR count). The number of imidazole rings is 1. The molecule has 2 aromatic rings. The predicted octanol–water partition coefficient (Wildman–Crippen LogP) is 1.43. The Balaban J connectivity index is 2.12. The van der Waals surface area contributed by atoms with Crippen molar-refractivity contribution in [2.75, 3.05) is 20.2 Å². The highest BCUT2D eigenvalue weighted by molar-refractivity contribution is 5.78. The topological polar surface area (TPSA) is 65.1 Å². The lowest BCUT2D eigenvalue weighted by molar-refractivity contribution is 0.366. The third-order valence-electron chi connectivity index (χ3n) is 3.83. The Morgan fingerprint density at radius 2 is 2.21 bits per heavy atom. The van der Waals surface area contributed by atoms with Crippen molar-refractivity contribution in [3.05, 3.63) is 24.0 Å². The van der Waals surface area contributed by atoms with Gasteiger partial charge in [0.25, 0.3) is 0 Å². The molecule has 1 aromatic heterocycles. The van der Waals surface area contributed by atoms with Crippen LogP contribution in [0.3, 0.4) is 0 Å². The fourth-order valence-corrected chi connectivity index (χ4v) is 2.87. The first-order valence-corrected chi connectivity index (χ1v) is 6.79. The molecule has 5 nitrogen and oxygen atoms in total. The average Bonchev–Trinajstić information content (AvgIpc) is 2.85. The Kier molecular flexibility index (Phi) is 3.40. The van der Waals surface area contributed by atoms with Gasteiger partial charge in [0.2, 0.25) is 0 Å². The zero-order chi connectivity index (χ0) is 13.2. The van der Waals surface area contributed by atoms with Crippen LogP contribution in [-0.2, 0) is 6.54 Å². The SMILES string of the molecule is COc1ccc2nc(CN)n(C3CCNCC3)c2c1. The van der Waals surface area contributed by atoms with Crippen LogP contribution in [0.25, 0.3) is 11.0 Å². The predicted molar refractivity (Wildman–Crippen MR) is 75.3 cm³/mol. The fraction of sp³-hybridized carbons (Fsp3) is 0.500. The molecular formula is C14H20N4O. The van der Waals surface area contributed by atoms with Gasteiger partial charge >= 0.3 is 0 Å². The first-order chi connectivity index (χ1) is 9.33. The van der Waals surface area contributed by atoms with E-state index in [-0.39, 0.29) is 0 Å². The van der Waals surface area contributed by atoms with Gasteiger partial charge in [0, 0.05) is 12.1 Å². The van der Waals surface area contributed by atoms with Crippen molar-refractivity contribution in [3.63, 3.8) is 0 Å². The monoisotopic (exact) mass is 260 g/mol. The summed E-state index contributed by atoms with van der Waals surface area (Å²) >= 11 is 0. The van der Waals surface area contributed by atoms with Gasteiger partial charge in [0.15, 0.2) is 0 Å². The minimum absolute atomic E-state index is 0.473. The van der Waals surface area contributed by atoms with E-state index in [0.29, 0.717) is 12.6 Å². The maximum absolute atomic E-state index is 5.86. The molecule has 0 spiro atoms. The summed E-state index contributed by atoms with van der Waals surface area (Å²) in [6.07, 6.45) is 2.24. The van der Waals surface area contributed by atoms with Crippen LogP contribution in [0.15, 0.2) is 18.2 Å². The van der Waals surface area contributed by atoms with Crippen LogP contribution in [-0.4, -0.2) is 29.8 Å². The highest BCUT2D eigenvalue weighted by Gasteiger charge is 2.20. The van der Waals surface area contributed by atoms with Gasteiger partial charge in [-0.05, 0) is 38.1 Å². The van der Waals surface area contributed by atoms with Crippen LogP contribution in [0.5, 0.6) is 5.75 Å². The van der Waals surface area contributed by atoms with E-state index in [2.05, 4.69) is 20.9 Å². The second-order valence-electron chi connectivity index (χ2n) is 4.94. The van der Waals surface area contributed by atoms with Crippen LogP contribution in [0, 0.1) is 0 Å². The first kappa shape index (κ1) is 12.4. The summed E-state index contributed by atoms with van der Waals surface area (Å²) < 4.78 is 7.63. The molecule has 0 atom stereocenters. The molecule has 1 aliphatic rings.